The summed E-state index contributed by atoms with van der Waals surface area (Å²) in [7, 11) is 0. The minimum absolute atomic E-state index is 0.394. The fraction of sp³-hybridized carbons (Fsp3) is 0.455. The molecule has 0 fully saturated rings. The predicted molar refractivity (Wildman–Crippen MR) is 61.9 cm³/mol. The van der Waals surface area contributed by atoms with E-state index in [0.29, 0.717) is 6.04 Å². The highest BCUT2D eigenvalue weighted by atomic mass is 15.1. The second-order valence-corrected chi connectivity index (χ2v) is 4.11. The lowest BCUT2D eigenvalue weighted by Crippen LogP contribution is -2.27. The molecule has 0 aliphatic rings. The third-order valence-electron chi connectivity index (χ3n) is 2.47. The zero-order chi connectivity index (χ0) is 11.4. The summed E-state index contributed by atoms with van der Waals surface area (Å²) < 4.78 is 0. The van der Waals surface area contributed by atoms with Crippen molar-refractivity contribution in [1.82, 2.24) is 25.5 Å². The lowest BCUT2D eigenvalue weighted by Gasteiger charge is -2.11. The van der Waals surface area contributed by atoms with Crippen LogP contribution in [0.2, 0.25) is 0 Å². The van der Waals surface area contributed by atoms with Gasteiger partial charge in [-0.15, -0.1) is 0 Å². The Bertz CT molecular complexity index is 417. The van der Waals surface area contributed by atoms with E-state index in [2.05, 4.69) is 38.5 Å². The van der Waals surface area contributed by atoms with Crippen LogP contribution in [0.4, 0.5) is 0 Å². The van der Waals surface area contributed by atoms with Crippen molar-refractivity contribution in [3.63, 3.8) is 0 Å². The van der Waals surface area contributed by atoms with E-state index in [0.717, 1.165) is 30.0 Å². The summed E-state index contributed by atoms with van der Waals surface area (Å²) >= 11 is 0. The zero-order valence-corrected chi connectivity index (χ0v) is 9.62. The molecule has 0 spiro atoms. The van der Waals surface area contributed by atoms with E-state index in [1.54, 1.807) is 6.33 Å². The standard InChI is InChI=1S/C11H17N5/c1-8(3-10-4-9(2)15-16-10)13-6-11-5-12-7-14-11/h4-5,7-8,13H,3,6H2,1-2H3,(H,12,14)(H,15,16). The number of aryl methyl sites for hydroxylation is 1. The van der Waals surface area contributed by atoms with Crippen LogP contribution in [0.15, 0.2) is 18.6 Å². The number of rotatable bonds is 5. The molecule has 0 radical (unpaired) electrons. The minimum atomic E-state index is 0.394. The fourth-order valence-corrected chi connectivity index (χ4v) is 1.63. The molecule has 2 rings (SSSR count). The maximum Gasteiger partial charge on any atom is 0.0922 e. The van der Waals surface area contributed by atoms with Gasteiger partial charge in [-0.25, -0.2) is 4.98 Å². The normalized spacial score (nSPS) is 12.9. The highest BCUT2D eigenvalue weighted by molar-refractivity contribution is 5.08. The first-order valence-corrected chi connectivity index (χ1v) is 5.45. The Morgan fingerprint density at radius 2 is 2.38 bits per heavy atom. The van der Waals surface area contributed by atoms with Crippen LogP contribution in [0.25, 0.3) is 0 Å². The van der Waals surface area contributed by atoms with Crippen molar-refractivity contribution in [3.8, 4) is 0 Å². The molecule has 2 heterocycles. The number of aromatic amines is 2. The van der Waals surface area contributed by atoms with Crippen LogP contribution in [0.1, 0.15) is 24.0 Å². The Hall–Kier alpha value is -1.62. The summed E-state index contributed by atoms with van der Waals surface area (Å²) in [5.41, 5.74) is 3.31. The number of nitrogens with one attached hydrogen (secondary N) is 3. The summed E-state index contributed by atoms with van der Waals surface area (Å²) in [6, 6.07) is 2.47. The summed E-state index contributed by atoms with van der Waals surface area (Å²) in [5, 5.41) is 10.6. The van der Waals surface area contributed by atoms with E-state index >= 15 is 0 Å². The molecule has 0 aromatic carbocycles. The second-order valence-electron chi connectivity index (χ2n) is 4.11. The van der Waals surface area contributed by atoms with Gasteiger partial charge in [-0.05, 0) is 19.9 Å². The summed E-state index contributed by atoms with van der Waals surface area (Å²) in [6.07, 6.45) is 4.45. The Labute approximate surface area is 94.7 Å². The molecule has 5 heteroatoms. The van der Waals surface area contributed by atoms with Crippen LogP contribution in [0, 0.1) is 6.92 Å². The monoisotopic (exact) mass is 219 g/mol. The Kier molecular flexibility index (Phi) is 3.36. The van der Waals surface area contributed by atoms with Gasteiger partial charge in [-0.1, -0.05) is 0 Å². The maximum absolute atomic E-state index is 4.22. The van der Waals surface area contributed by atoms with E-state index in [-0.39, 0.29) is 0 Å². The molecular formula is C11H17N5. The topological polar surface area (TPSA) is 69.4 Å². The summed E-state index contributed by atoms with van der Waals surface area (Å²) in [5.74, 6) is 0. The third kappa shape index (κ3) is 2.93. The SMILES string of the molecule is Cc1cc(CC(C)NCc2cnc[nH]2)n[nH]1. The molecule has 0 aliphatic heterocycles. The average molecular weight is 219 g/mol. The number of H-pyrrole nitrogens is 2. The molecule has 0 aliphatic carbocycles. The van der Waals surface area contributed by atoms with Crippen LogP contribution < -0.4 is 5.32 Å². The molecule has 0 saturated carbocycles. The van der Waals surface area contributed by atoms with Crippen molar-refractivity contribution in [2.75, 3.05) is 0 Å². The van der Waals surface area contributed by atoms with Crippen LogP contribution in [0.5, 0.6) is 0 Å². The molecule has 0 bridgehead atoms. The van der Waals surface area contributed by atoms with Gasteiger partial charge in [0.1, 0.15) is 0 Å². The average Bonchev–Trinajstić information content (AvgIpc) is 2.87. The minimum Gasteiger partial charge on any atom is -0.347 e. The van der Waals surface area contributed by atoms with Gasteiger partial charge in [0.15, 0.2) is 0 Å². The van der Waals surface area contributed by atoms with Crippen LogP contribution >= 0.6 is 0 Å². The Morgan fingerprint density at radius 3 is 3.00 bits per heavy atom. The van der Waals surface area contributed by atoms with Gasteiger partial charge in [-0.2, -0.15) is 5.10 Å². The molecule has 0 saturated heterocycles. The molecule has 2 aromatic heterocycles. The van der Waals surface area contributed by atoms with E-state index in [4.69, 9.17) is 0 Å². The quantitative estimate of drug-likeness (QED) is 0.707. The van der Waals surface area contributed by atoms with E-state index in [1.165, 1.54) is 0 Å². The van der Waals surface area contributed by atoms with Gasteiger partial charge < -0.3 is 10.3 Å². The second kappa shape index (κ2) is 4.94. The predicted octanol–water partition coefficient (Wildman–Crippen LogP) is 1.16. The fourth-order valence-electron chi connectivity index (χ4n) is 1.63. The van der Waals surface area contributed by atoms with Gasteiger partial charge in [0.25, 0.3) is 0 Å². The number of nitrogens with zero attached hydrogens (tertiary/aromatic N) is 2. The number of aromatic nitrogens is 4. The van der Waals surface area contributed by atoms with Gasteiger partial charge in [-0.3, -0.25) is 5.10 Å². The van der Waals surface area contributed by atoms with Crippen LogP contribution in [-0.2, 0) is 13.0 Å². The highest BCUT2D eigenvalue weighted by Crippen LogP contribution is 2.02. The lowest BCUT2D eigenvalue weighted by molar-refractivity contribution is 0.535. The van der Waals surface area contributed by atoms with Gasteiger partial charge in [0.2, 0.25) is 0 Å². The third-order valence-corrected chi connectivity index (χ3v) is 2.47. The molecule has 2 aromatic rings. The van der Waals surface area contributed by atoms with Crippen molar-refractivity contribution in [2.45, 2.75) is 32.9 Å². The maximum atomic E-state index is 4.22. The Balaban J connectivity index is 1.78. The molecule has 5 nitrogen and oxygen atoms in total. The van der Waals surface area contributed by atoms with Crippen molar-refractivity contribution in [2.24, 2.45) is 0 Å². The largest absolute Gasteiger partial charge is 0.347 e. The first kappa shape index (κ1) is 10.9. The number of hydrogen-bond donors (Lipinski definition) is 3. The number of imidazole rings is 1. The first-order valence-electron chi connectivity index (χ1n) is 5.45. The molecule has 1 unspecified atom stereocenters. The molecular weight excluding hydrogens is 202 g/mol. The van der Waals surface area contributed by atoms with Crippen LogP contribution in [0.3, 0.4) is 0 Å². The smallest absolute Gasteiger partial charge is 0.0922 e. The lowest BCUT2D eigenvalue weighted by atomic mass is 10.2. The molecule has 16 heavy (non-hydrogen) atoms. The summed E-state index contributed by atoms with van der Waals surface area (Å²) in [4.78, 5) is 7.04. The van der Waals surface area contributed by atoms with Crippen molar-refractivity contribution < 1.29 is 0 Å². The van der Waals surface area contributed by atoms with E-state index in [1.807, 2.05) is 13.1 Å². The van der Waals surface area contributed by atoms with Crippen LogP contribution in [-0.4, -0.2) is 26.2 Å². The van der Waals surface area contributed by atoms with E-state index in [9.17, 15) is 0 Å². The molecule has 3 N–H and O–H groups in total. The van der Waals surface area contributed by atoms with E-state index < -0.39 is 0 Å². The first-order chi connectivity index (χ1) is 7.74. The van der Waals surface area contributed by atoms with Crippen molar-refractivity contribution >= 4 is 0 Å². The Morgan fingerprint density at radius 1 is 1.50 bits per heavy atom. The number of hydrogen-bond acceptors (Lipinski definition) is 3. The molecule has 1 atom stereocenters. The zero-order valence-electron chi connectivity index (χ0n) is 9.62. The van der Waals surface area contributed by atoms with Crippen molar-refractivity contribution in [1.29, 1.82) is 0 Å². The van der Waals surface area contributed by atoms with Gasteiger partial charge in [0.05, 0.1) is 12.0 Å². The summed E-state index contributed by atoms with van der Waals surface area (Å²) in [6.45, 7) is 4.98. The molecule has 0 amide bonds. The highest BCUT2D eigenvalue weighted by Gasteiger charge is 2.05. The van der Waals surface area contributed by atoms with Crippen molar-refractivity contribution in [3.05, 3.63) is 35.7 Å². The molecule has 86 valence electrons. The van der Waals surface area contributed by atoms with Gasteiger partial charge >= 0.3 is 0 Å². The van der Waals surface area contributed by atoms with Gasteiger partial charge in [0, 0.05) is 36.6 Å².